The predicted octanol–water partition coefficient (Wildman–Crippen LogP) is 1.65. The number of aromatic nitrogens is 1. The minimum atomic E-state index is -0.441. The standard InChI is InChI=1S/C14H21N3O2.ClH/c1-14(15)8-4-3-5-11(14)13(19)16-10-6-7-12(18)17(2)9-10;/h6-7,9,11H,3-5,8,15H2,1-2H3,(H,16,19);1H. The highest BCUT2D eigenvalue weighted by molar-refractivity contribution is 5.93. The van der Waals surface area contributed by atoms with Crippen molar-refractivity contribution in [3.63, 3.8) is 0 Å². The molecule has 1 aliphatic rings. The molecule has 0 aromatic carbocycles. The van der Waals surface area contributed by atoms with Crippen LogP contribution in [0.5, 0.6) is 0 Å². The fraction of sp³-hybridized carbons (Fsp3) is 0.571. The van der Waals surface area contributed by atoms with Gasteiger partial charge in [-0.2, -0.15) is 0 Å². The van der Waals surface area contributed by atoms with E-state index >= 15 is 0 Å². The smallest absolute Gasteiger partial charge is 0.250 e. The molecule has 0 saturated heterocycles. The Morgan fingerprint density at radius 1 is 1.45 bits per heavy atom. The van der Waals surface area contributed by atoms with E-state index in [1.54, 1.807) is 19.3 Å². The maximum atomic E-state index is 12.3. The van der Waals surface area contributed by atoms with Gasteiger partial charge in [0.25, 0.3) is 0 Å². The molecule has 2 unspecified atom stereocenters. The number of aryl methyl sites for hydroxylation is 1. The molecular weight excluding hydrogens is 278 g/mol. The zero-order chi connectivity index (χ0) is 14.0. The molecule has 1 fully saturated rings. The summed E-state index contributed by atoms with van der Waals surface area (Å²) in [5.41, 5.74) is 6.31. The number of carbonyl (C=O) groups excluding carboxylic acids is 1. The van der Waals surface area contributed by atoms with Gasteiger partial charge in [0, 0.05) is 24.8 Å². The molecule has 0 spiro atoms. The van der Waals surface area contributed by atoms with Crippen molar-refractivity contribution in [1.29, 1.82) is 0 Å². The molecular formula is C14H22ClN3O2. The number of anilines is 1. The van der Waals surface area contributed by atoms with Crippen LogP contribution in [0.1, 0.15) is 32.6 Å². The van der Waals surface area contributed by atoms with Gasteiger partial charge in [-0.1, -0.05) is 12.8 Å². The van der Waals surface area contributed by atoms with Crippen molar-refractivity contribution in [2.45, 2.75) is 38.1 Å². The van der Waals surface area contributed by atoms with Gasteiger partial charge in [-0.25, -0.2) is 0 Å². The number of rotatable bonds is 2. The summed E-state index contributed by atoms with van der Waals surface area (Å²) < 4.78 is 1.44. The second-order valence-electron chi connectivity index (χ2n) is 5.66. The van der Waals surface area contributed by atoms with Crippen LogP contribution in [0.4, 0.5) is 5.69 Å². The highest BCUT2D eigenvalue weighted by Gasteiger charge is 2.37. The summed E-state index contributed by atoms with van der Waals surface area (Å²) in [6.07, 6.45) is 5.44. The van der Waals surface area contributed by atoms with E-state index in [4.69, 9.17) is 5.73 Å². The zero-order valence-corrected chi connectivity index (χ0v) is 12.7. The van der Waals surface area contributed by atoms with Crippen molar-refractivity contribution in [1.82, 2.24) is 4.57 Å². The summed E-state index contributed by atoms with van der Waals surface area (Å²) in [6, 6.07) is 3.06. The van der Waals surface area contributed by atoms with E-state index in [1.807, 2.05) is 6.92 Å². The Balaban J connectivity index is 0.00000200. The van der Waals surface area contributed by atoms with Gasteiger partial charge in [-0.05, 0) is 25.8 Å². The van der Waals surface area contributed by atoms with E-state index in [-0.39, 0.29) is 29.8 Å². The van der Waals surface area contributed by atoms with Crippen molar-refractivity contribution in [3.8, 4) is 0 Å². The maximum absolute atomic E-state index is 12.3. The first-order valence-electron chi connectivity index (χ1n) is 6.66. The zero-order valence-electron chi connectivity index (χ0n) is 11.9. The van der Waals surface area contributed by atoms with Crippen molar-refractivity contribution in [3.05, 3.63) is 28.7 Å². The molecule has 112 valence electrons. The number of amides is 1. The van der Waals surface area contributed by atoms with Crippen molar-refractivity contribution >= 4 is 24.0 Å². The van der Waals surface area contributed by atoms with E-state index < -0.39 is 5.54 Å². The van der Waals surface area contributed by atoms with Crippen LogP contribution in [0.25, 0.3) is 0 Å². The molecule has 0 bridgehead atoms. The molecule has 1 saturated carbocycles. The third kappa shape index (κ3) is 3.61. The van der Waals surface area contributed by atoms with Crippen LogP contribution in [-0.2, 0) is 11.8 Å². The SMILES string of the molecule is Cl.Cn1cc(NC(=O)C2CCCCC2(C)N)ccc1=O. The van der Waals surface area contributed by atoms with Crippen LogP contribution < -0.4 is 16.6 Å². The van der Waals surface area contributed by atoms with Crippen molar-refractivity contribution < 1.29 is 4.79 Å². The Labute approximate surface area is 125 Å². The van der Waals surface area contributed by atoms with Crippen LogP contribution in [0, 0.1) is 5.92 Å². The second-order valence-corrected chi connectivity index (χ2v) is 5.66. The van der Waals surface area contributed by atoms with Crippen LogP contribution in [0.3, 0.4) is 0 Å². The lowest BCUT2D eigenvalue weighted by atomic mass is 9.74. The lowest BCUT2D eigenvalue weighted by Crippen LogP contribution is -2.51. The van der Waals surface area contributed by atoms with Gasteiger partial charge >= 0.3 is 0 Å². The van der Waals surface area contributed by atoms with Gasteiger partial charge in [-0.15, -0.1) is 12.4 Å². The minimum Gasteiger partial charge on any atom is -0.325 e. The van der Waals surface area contributed by atoms with Gasteiger partial charge < -0.3 is 15.6 Å². The third-order valence-corrected chi connectivity index (χ3v) is 3.92. The van der Waals surface area contributed by atoms with Crippen LogP contribution in [0.15, 0.2) is 23.1 Å². The fourth-order valence-electron chi connectivity index (χ4n) is 2.69. The largest absolute Gasteiger partial charge is 0.325 e. The topological polar surface area (TPSA) is 77.1 Å². The summed E-state index contributed by atoms with van der Waals surface area (Å²) in [7, 11) is 1.66. The van der Waals surface area contributed by atoms with E-state index in [0.29, 0.717) is 5.69 Å². The summed E-state index contributed by atoms with van der Waals surface area (Å²) in [6.45, 7) is 1.94. The molecule has 5 nitrogen and oxygen atoms in total. The number of nitrogens with zero attached hydrogens (tertiary/aromatic N) is 1. The van der Waals surface area contributed by atoms with Gasteiger partial charge in [-0.3, -0.25) is 9.59 Å². The summed E-state index contributed by atoms with van der Waals surface area (Å²) in [4.78, 5) is 23.6. The highest BCUT2D eigenvalue weighted by atomic mass is 35.5. The number of hydrogen-bond acceptors (Lipinski definition) is 3. The first-order valence-corrected chi connectivity index (χ1v) is 6.66. The highest BCUT2D eigenvalue weighted by Crippen LogP contribution is 2.32. The minimum absolute atomic E-state index is 0. The molecule has 1 aromatic rings. The van der Waals surface area contributed by atoms with E-state index in [1.165, 1.54) is 10.6 Å². The number of carbonyl (C=O) groups is 1. The van der Waals surface area contributed by atoms with Crippen molar-refractivity contribution in [2.24, 2.45) is 18.7 Å². The lowest BCUT2D eigenvalue weighted by molar-refractivity contribution is -0.122. The Hall–Kier alpha value is -1.33. The molecule has 1 aliphatic carbocycles. The van der Waals surface area contributed by atoms with Crippen molar-refractivity contribution in [2.75, 3.05) is 5.32 Å². The summed E-state index contributed by atoms with van der Waals surface area (Å²) in [5.74, 6) is -0.221. The Morgan fingerprint density at radius 3 is 2.75 bits per heavy atom. The van der Waals surface area contributed by atoms with Crippen LogP contribution >= 0.6 is 12.4 Å². The third-order valence-electron chi connectivity index (χ3n) is 3.92. The maximum Gasteiger partial charge on any atom is 0.250 e. The Bertz CT molecular complexity index is 539. The number of nitrogens with two attached hydrogens (primary N) is 1. The fourth-order valence-corrected chi connectivity index (χ4v) is 2.69. The van der Waals surface area contributed by atoms with Gasteiger partial charge in [0.15, 0.2) is 0 Å². The molecule has 1 amide bonds. The number of nitrogens with one attached hydrogen (secondary N) is 1. The summed E-state index contributed by atoms with van der Waals surface area (Å²) >= 11 is 0. The summed E-state index contributed by atoms with van der Waals surface area (Å²) in [5, 5.41) is 2.86. The van der Waals surface area contributed by atoms with Gasteiger partial charge in [0.05, 0.1) is 11.6 Å². The van der Waals surface area contributed by atoms with Crippen LogP contribution in [-0.4, -0.2) is 16.0 Å². The average molecular weight is 300 g/mol. The molecule has 1 heterocycles. The molecule has 3 N–H and O–H groups in total. The number of pyridine rings is 1. The van der Waals surface area contributed by atoms with E-state index in [2.05, 4.69) is 5.32 Å². The van der Waals surface area contributed by atoms with E-state index in [9.17, 15) is 9.59 Å². The molecule has 20 heavy (non-hydrogen) atoms. The lowest BCUT2D eigenvalue weighted by Gasteiger charge is -2.37. The quantitative estimate of drug-likeness (QED) is 0.872. The Kier molecular flexibility index (Phi) is 5.36. The van der Waals surface area contributed by atoms with Gasteiger partial charge in [0.1, 0.15) is 0 Å². The normalized spacial score (nSPS) is 25.6. The molecule has 6 heteroatoms. The molecule has 0 aliphatic heterocycles. The van der Waals surface area contributed by atoms with Gasteiger partial charge in [0.2, 0.25) is 11.5 Å². The molecule has 2 rings (SSSR count). The monoisotopic (exact) mass is 299 g/mol. The second kappa shape index (κ2) is 6.41. The number of hydrogen-bond donors (Lipinski definition) is 2. The number of halogens is 1. The Morgan fingerprint density at radius 2 is 2.15 bits per heavy atom. The molecule has 0 radical (unpaired) electrons. The average Bonchev–Trinajstić information content (AvgIpc) is 2.33. The first kappa shape index (κ1) is 16.7. The first-order chi connectivity index (χ1) is 8.90. The molecule has 1 aromatic heterocycles. The van der Waals surface area contributed by atoms with Crippen LogP contribution in [0.2, 0.25) is 0 Å². The molecule has 2 atom stereocenters. The predicted molar refractivity (Wildman–Crippen MR) is 82.1 cm³/mol. The van der Waals surface area contributed by atoms with E-state index in [0.717, 1.165) is 25.7 Å².